The summed E-state index contributed by atoms with van der Waals surface area (Å²) in [7, 11) is 1.94. The van der Waals surface area contributed by atoms with Crippen LogP contribution in [0.15, 0.2) is 0 Å². The van der Waals surface area contributed by atoms with Gasteiger partial charge in [0.1, 0.15) is 0 Å². The van der Waals surface area contributed by atoms with Crippen molar-refractivity contribution in [2.24, 2.45) is 5.73 Å². The van der Waals surface area contributed by atoms with Gasteiger partial charge in [-0.3, -0.25) is 0 Å². The van der Waals surface area contributed by atoms with E-state index in [1.54, 1.807) is 0 Å². The topological polar surface area (TPSA) is 47.3 Å². The highest BCUT2D eigenvalue weighted by Gasteiger charge is 2.17. The van der Waals surface area contributed by atoms with Crippen LogP contribution in [0.2, 0.25) is 0 Å². The van der Waals surface area contributed by atoms with Crippen LogP contribution in [-0.2, 0) is 4.74 Å². The first kappa shape index (κ1) is 7.98. The van der Waals surface area contributed by atoms with Crippen molar-refractivity contribution in [2.75, 3.05) is 20.2 Å². The quantitative estimate of drug-likeness (QED) is 0.560. The Morgan fingerprint density at radius 2 is 2.40 bits per heavy atom. The number of likely N-dealkylation sites (N-methyl/N-ethyl adjacent to an activating group) is 1. The minimum absolute atomic E-state index is 0.271. The third-order valence-corrected chi connectivity index (χ3v) is 1.84. The van der Waals surface area contributed by atoms with Crippen LogP contribution in [0.5, 0.6) is 0 Å². The van der Waals surface area contributed by atoms with Gasteiger partial charge in [0.25, 0.3) is 0 Å². The van der Waals surface area contributed by atoms with Gasteiger partial charge in [0.15, 0.2) is 0 Å². The number of nitrogens with one attached hydrogen (secondary N) is 1. The van der Waals surface area contributed by atoms with Gasteiger partial charge in [-0.2, -0.15) is 0 Å². The van der Waals surface area contributed by atoms with Gasteiger partial charge >= 0.3 is 0 Å². The Morgan fingerprint density at radius 3 is 2.90 bits per heavy atom. The third-order valence-electron chi connectivity index (χ3n) is 1.84. The largest absolute Gasteiger partial charge is 0.375 e. The van der Waals surface area contributed by atoms with E-state index >= 15 is 0 Å². The summed E-state index contributed by atoms with van der Waals surface area (Å²) >= 11 is 0. The second-order valence-corrected chi connectivity index (χ2v) is 2.85. The molecule has 2 atom stereocenters. The Labute approximate surface area is 61.9 Å². The second kappa shape index (κ2) is 3.91. The Kier molecular flexibility index (Phi) is 3.12. The molecule has 0 amide bonds. The first-order valence-corrected chi connectivity index (χ1v) is 3.84. The molecule has 0 aromatic rings. The molecule has 0 radical (unpaired) electrons. The van der Waals surface area contributed by atoms with Crippen LogP contribution in [0, 0.1) is 0 Å². The molecular weight excluding hydrogens is 128 g/mol. The maximum absolute atomic E-state index is 5.65. The van der Waals surface area contributed by atoms with E-state index < -0.39 is 0 Å². The van der Waals surface area contributed by atoms with E-state index in [1.807, 2.05) is 7.05 Å². The predicted octanol–water partition coefficient (Wildman–Crippen LogP) is -0.288. The van der Waals surface area contributed by atoms with E-state index in [-0.39, 0.29) is 6.04 Å². The molecule has 1 rings (SSSR count). The Hall–Kier alpha value is -0.120. The van der Waals surface area contributed by atoms with E-state index in [1.165, 1.54) is 0 Å². The van der Waals surface area contributed by atoms with Gasteiger partial charge in [0, 0.05) is 12.6 Å². The lowest BCUT2D eigenvalue weighted by Crippen LogP contribution is -2.39. The van der Waals surface area contributed by atoms with Gasteiger partial charge in [0.05, 0.1) is 12.7 Å². The fraction of sp³-hybridized carbons (Fsp3) is 1.00. The summed E-state index contributed by atoms with van der Waals surface area (Å²) in [4.78, 5) is 0. The highest BCUT2D eigenvalue weighted by atomic mass is 16.5. The van der Waals surface area contributed by atoms with Gasteiger partial charge in [0.2, 0.25) is 0 Å². The second-order valence-electron chi connectivity index (χ2n) is 2.85. The van der Waals surface area contributed by atoms with Gasteiger partial charge in [-0.1, -0.05) is 0 Å². The molecule has 0 aliphatic carbocycles. The number of rotatable bonds is 2. The Balaban J connectivity index is 2.13. The fourth-order valence-electron chi connectivity index (χ4n) is 1.21. The average Bonchev–Trinajstić information content (AvgIpc) is 1.95. The van der Waals surface area contributed by atoms with Gasteiger partial charge in [-0.05, 0) is 19.9 Å². The number of hydrogen-bond acceptors (Lipinski definition) is 3. The van der Waals surface area contributed by atoms with Crippen molar-refractivity contribution < 1.29 is 4.74 Å². The molecule has 3 heteroatoms. The van der Waals surface area contributed by atoms with Crippen LogP contribution in [0.1, 0.15) is 12.8 Å². The molecule has 0 aromatic heterocycles. The highest BCUT2D eigenvalue weighted by Crippen LogP contribution is 2.10. The average molecular weight is 144 g/mol. The lowest BCUT2D eigenvalue weighted by atomic mass is 10.1. The fourth-order valence-corrected chi connectivity index (χ4v) is 1.21. The first-order valence-electron chi connectivity index (χ1n) is 3.84. The zero-order valence-corrected chi connectivity index (χ0v) is 6.47. The molecule has 1 fully saturated rings. The number of hydrogen-bond donors (Lipinski definition) is 2. The van der Waals surface area contributed by atoms with Crippen molar-refractivity contribution >= 4 is 0 Å². The first-order chi connectivity index (χ1) is 4.83. The molecule has 10 heavy (non-hydrogen) atoms. The van der Waals surface area contributed by atoms with Crippen molar-refractivity contribution in [1.82, 2.24) is 5.32 Å². The predicted molar refractivity (Wildman–Crippen MR) is 40.9 cm³/mol. The zero-order valence-electron chi connectivity index (χ0n) is 6.47. The smallest absolute Gasteiger partial charge is 0.0700 e. The Bertz CT molecular complexity index is 89.6. The summed E-state index contributed by atoms with van der Waals surface area (Å²) in [6.07, 6.45) is 2.60. The van der Waals surface area contributed by atoms with E-state index in [9.17, 15) is 0 Å². The van der Waals surface area contributed by atoms with Gasteiger partial charge < -0.3 is 15.8 Å². The number of nitrogens with two attached hydrogens (primary N) is 1. The molecule has 0 spiro atoms. The molecule has 1 aliphatic heterocycles. The minimum Gasteiger partial charge on any atom is -0.375 e. The summed E-state index contributed by atoms with van der Waals surface area (Å²) in [6, 6.07) is 0.271. The molecule has 1 heterocycles. The molecular formula is C7H16N2O. The van der Waals surface area contributed by atoms with Gasteiger partial charge in [-0.15, -0.1) is 0 Å². The molecule has 0 aromatic carbocycles. The number of ether oxygens (including phenoxy) is 1. The third kappa shape index (κ3) is 2.25. The Morgan fingerprint density at radius 1 is 1.60 bits per heavy atom. The van der Waals surface area contributed by atoms with Crippen molar-refractivity contribution in [3.63, 3.8) is 0 Å². The van der Waals surface area contributed by atoms with Crippen molar-refractivity contribution in [3.8, 4) is 0 Å². The normalized spacial score (nSPS) is 34.2. The molecule has 1 saturated heterocycles. The van der Waals surface area contributed by atoms with Crippen LogP contribution < -0.4 is 11.1 Å². The summed E-state index contributed by atoms with van der Waals surface area (Å²) in [5.41, 5.74) is 5.65. The molecule has 0 bridgehead atoms. The standard InChI is InChI=1S/C7H16N2O/c1-9-4-7-3-2-6(8)5-10-7/h6-7,9H,2-5,8H2,1H3. The van der Waals surface area contributed by atoms with E-state index in [0.717, 1.165) is 26.0 Å². The summed E-state index contributed by atoms with van der Waals surface area (Å²) in [6.45, 7) is 1.68. The molecule has 3 N–H and O–H groups in total. The van der Waals surface area contributed by atoms with E-state index in [4.69, 9.17) is 10.5 Å². The molecule has 3 nitrogen and oxygen atoms in total. The molecule has 0 saturated carbocycles. The summed E-state index contributed by atoms with van der Waals surface area (Å²) in [5.74, 6) is 0. The van der Waals surface area contributed by atoms with Crippen LogP contribution in [0.25, 0.3) is 0 Å². The zero-order chi connectivity index (χ0) is 7.40. The molecule has 60 valence electrons. The maximum Gasteiger partial charge on any atom is 0.0700 e. The maximum atomic E-state index is 5.65. The van der Waals surface area contributed by atoms with Crippen molar-refractivity contribution in [3.05, 3.63) is 0 Å². The van der Waals surface area contributed by atoms with E-state index in [0.29, 0.717) is 6.10 Å². The monoisotopic (exact) mass is 144 g/mol. The van der Waals surface area contributed by atoms with Crippen molar-refractivity contribution in [1.29, 1.82) is 0 Å². The van der Waals surface area contributed by atoms with Gasteiger partial charge in [-0.25, -0.2) is 0 Å². The minimum atomic E-state index is 0.271. The van der Waals surface area contributed by atoms with Crippen LogP contribution in [0.4, 0.5) is 0 Å². The summed E-state index contributed by atoms with van der Waals surface area (Å²) < 4.78 is 5.44. The van der Waals surface area contributed by atoms with Crippen LogP contribution in [0.3, 0.4) is 0 Å². The van der Waals surface area contributed by atoms with Crippen LogP contribution >= 0.6 is 0 Å². The lowest BCUT2D eigenvalue weighted by molar-refractivity contribution is 0.00741. The lowest BCUT2D eigenvalue weighted by Gasteiger charge is -2.26. The SMILES string of the molecule is CNCC1CCC(N)CO1. The molecule has 2 unspecified atom stereocenters. The summed E-state index contributed by atoms with van der Waals surface area (Å²) in [5, 5.41) is 3.09. The van der Waals surface area contributed by atoms with E-state index in [2.05, 4.69) is 5.32 Å². The highest BCUT2D eigenvalue weighted by molar-refractivity contribution is 4.72. The van der Waals surface area contributed by atoms with Crippen molar-refractivity contribution in [2.45, 2.75) is 25.0 Å². The molecule has 1 aliphatic rings. The van der Waals surface area contributed by atoms with Crippen LogP contribution in [-0.4, -0.2) is 32.3 Å².